The van der Waals surface area contributed by atoms with Crippen LogP contribution in [-0.2, 0) is 0 Å². The second-order valence-corrected chi connectivity index (χ2v) is 4.86. The highest BCUT2D eigenvalue weighted by molar-refractivity contribution is 5.98. The smallest absolute Gasteiger partial charge is 0.251 e. The van der Waals surface area contributed by atoms with Crippen LogP contribution in [0.1, 0.15) is 46.9 Å². The number of halogens is 1. The number of ketones is 1. The van der Waals surface area contributed by atoms with Crippen molar-refractivity contribution in [2.24, 2.45) is 0 Å². The summed E-state index contributed by atoms with van der Waals surface area (Å²) in [6.45, 7) is 3.53. The fourth-order valence-corrected chi connectivity index (χ4v) is 2.26. The van der Waals surface area contributed by atoms with Gasteiger partial charge in [-0.05, 0) is 31.5 Å². The van der Waals surface area contributed by atoms with E-state index in [4.69, 9.17) is 0 Å². The third-order valence-corrected chi connectivity index (χ3v) is 3.46. The number of amides is 1. The minimum Gasteiger partial charge on any atom is -0.350 e. The first kappa shape index (κ1) is 16.7. The number of hydrogen-bond acceptors (Lipinski definition) is 3. The standard InChI is InChI=1S/C15H20N2O2.ClH/c1-2-14(18)11-5-7-12(8-6-11)15(19)17-10-13-4-3-9-16-13;/h5-8,13,16H,2-4,9-10H2,1H3,(H,17,19);1H. The molecule has 0 bridgehead atoms. The predicted octanol–water partition coefficient (Wildman–Crippen LogP) is 2.18. The molecule has 1 aromatic rings. The van der Waals surface area contributed by atoms with Crippen molar-refractivity contribution in [3.8, 4) is 0 Å². The maximum absolute atomic E-state index is 11.9. The lowest BCUT2D eigenvalue weighted by atomic mass is 10.1. The third-order valence-electron chi connectivity index (χ3n) is 3.46. The van der Waals surface area contributed by atoms with Crippen LogP contribution in [0.2, 0.25) is 0 Å². The van der Waals surface area contributed by atoms with Crippen molar-refractivity contribution in [2.45, 2.75) is 32.2 Å². The van der Waals surface area contributed by atoms with Crippen molar-refractivity contribution < 1.29 is 9.59 Å². The van der Waals surface area contributed by atoms with Gasteiger partial charge in [0.05, 0.1) is 0 Å². The molecule has 1 unspecified atom stereocenters. The Hall–Kier alpha value is -1.39. The average Bonchev–Trinajstić information content (AvgIpc) is 2.97. The molecule has 0 spiro atoms. The van der Waals surface area contributed by atoms with Gasteiger partial charge >= 0.3 is 0 Å². The Bertz CT molecular complexity index is 453. The molecule has 0 radical (unpaired) electrons. The van der Waals surface area contributed by atoms with Gasteiger partial charge < -0.3 is 10.6 Å². The van der Waals surface area contributed by atoms with E-state index in [1.807, 2.05) is 6.92 Å². The first-order valence-corrected chi connectivity index (χ1v) is 6.85. The van der Waals surface area contributed by atoms with Crippen LogP contribution >= 0.6 is 12.4 Å². The van der Waals surface area contributed by atoms with Crippen LogP contribution in [0.25, 0.3) is 0 Å². The highest BCUT2D eigenvalue weighted by Gasteiger charge is 2.15. The molecule has 1 saturated heterocycles. The van der Waals surface area contributed by atoms with Crippen molar-refractivity contribution in [1.82, 2.24) is 10.6 Å². The molecule has 2 N–H and O–H groups in total. The minimum absolute atomic E-state index is 0. The van der Waals surface area contributed by atoms with Gasteiger partial charge in [-0.3, -0.25) is 9.59 Å². The van der Waals surface area contributed by atoms with Crippen LogP contribution in [0.4, 0.5) is 0 Å². The van der Waals surface area contributed by atoms with E-state index in [0.717, 1.165) is 13.0 Å². The fraction of sp³-hybridized carbons (Fsp3) is 0.467. The summed E-state index contributed by atoms with van der Waals surface area (Å²) in [5.41, 5.74) is 1.27. The zero-order valence-corrected chi connectivity index (χ0v) is 12.5. The van der Waals surface area contributed by atoms with Crippen LogP contribution in [0.5, 0.6) is 0 Å². The molecule has 1 aliphatic heterocycles. The van der Waals surface area contributed by atoms with Crippen molar-refractivity contribution in [2.75, 3.05) is 13.1 Å². The lowest BCUT2D eigenvalue weighted by Crippen LogP contribution is -2.37. The number of hydrogen-bond donors (Lipinski definition) is 2. The SMILES string of the molecule is CCC(=O)c1ccc(C(=O)NCC2CCCN2)cc1.Cl. The maximum Gasteiger partial charge on any atom is 0.251 e. The molecule has 0 saturated carbocycles. The van der Waals surface area contributed by atoms with Gasteiger partial charge in [0.1, 0.15) is 0 Å². The monoisotopic (exact) mass is 296 g/mol. The lowest BCUT2D eigenvalue weighted by Gasteiger charge is -2.11. The molecule has 1 amide bonds. The van der Waals surface area contributed by atoms with E-state index < -0.39 is 0 Å². The molecule has 20 heavy (non-hydrogen) atoms. The highest BCUT2D eigenvalue weighted by Crippen LogP contribution is 2.08. The predicted molar refractivity (Wildman–Crippen MR) is 81.7 cm³/mol. The summed E-state index contributed by atoms with van der Waals surface area (Å²) in [6.07, 6.45) is 2.78. The molecule has 1 heterocycles. The zero-order valence-electron chi connectivity index (χ0n) is 11.6. The molecule has 1 aliphatic rings. The second kappa shape index (κ2) is 8.02. The van der Waals surface area contributed by atoms with Gasteiger partial charge in [0, 0.05) is 30.1 Å². The van der Waals surface area contributed by atoms with Crippen molar-refractivity contribution in [1.29, 1.82) is 0 Å². The minimum atomic E-state index is -0.0794. The van der Waals surface area contributed by atoms with Crippen molar-refractivity contribution in [3.05, 3.63) is 35.4 Å². The fourth-order valence-electron chi connectivity index (χ4n) is 2.26. The summed E-state index contributed by atoms with van der Waals surface area (Å²) in [4.78, 5) is 23.4. The van der Waals surface area contributed by atoms with Crippen LogP contribution < -0.4 is 10.6 Å². The summed E-state index contributed by atoms with van der Waals surface area (Å²) in [5, 5.41) is 6.25. The normalized spacial score (nSPS) is 17.4. The number of Topliss-reactive ketones (excluding diaryl/α,β-unsaturated/α-hetero) is 1. The topological polar surface area (TPSA) is 58.2 Å². The van der Waals surface area contributed by atoms with Gasteiger partial charge in [0.15, 0.2) is 5.78 Å². The highest BCUT2D eigenvalue weighted by atomic mass is 35.5. The first-order valence-electron chi connectivity index (χ1n) is 6.85. The van der Waals surface area contributed by atoms with E-state index >= 15 is 0 Å². The van der Waals surface area contributed by atoms with Gasteiger partial charge in [0.25, 0.3) is 5.91 Å². The van der Waals surface area contributed by atoms with Gasteiger partial charge in [-0.2, -0.15) is 0 Å². The van der Waals surface area contributed by atoms with E-state index in [-0.39, 0.29) is 24.1 Å². The number of benzene rings is 1. The number of carbonyl (C=O) groups is 2. The second-order valence-electron chi connectivity index (χ2n) is 4.86. The quantitative estimate of drug-likeness (QED) is 0.819. The summed E-state index contributed by atoms with van der Waals surface area (Å²) in [7, 11) is 0. The van der Waals surface area contributed by atoms with Crippen molar-refractivity contribution in [3.63, 3.8) is 0 Å². The lowest BCUT2D eigenvalue weighted by molar-refractivity contribution is 0.0947. The molecule has 1 aromatic carbocycles. The summed E-state index contributed by atoms with van der Waals surface area (Å²) in [5.74, 6) is 0.0197. The number of rotatable bonds is 5. The summed E-state index contributed by atoms with van der Waals surface area (Å²) < 4.78 is 0. The Kier molecular flexibility index (Phi) is 6.68. The van der Waals surface area contributed by atoms with Crippen LogP contribution in [0.15, 0.2) is 24.3 Å². The molecular weight excluding hydrogens is 276 g/mol. The molecule has 5 heteroatoms. The molecule has 0 aliphatic carbocycles. The van der Waals surface area contributed by atoms with E-state index in [9.17, 15) is 9.59 Å². The first-order chi connectivity index (χ1) is 9.20. The van der Waals surface area contributed by atoms with E-state index in [1.54, 1.807) is 24.3 Å². The van der Waals surface area contributed by atoms with Gasteiger partial charge in [-0.15, -0.1) is 12.4 Å². The Labute approximate surface area is 125 Å². The van der Waals surface area contributed by atoms with E-state index in [0.29, 0.717) is 30.1 Å². The van der Waals surface area contributed by atoms with Gasteiger partial charge in [-0.1, -0.05) is 19.1 Å². The van der Waals surface area contributed by atoms with Crippen LogP contribution in [-0.4, -0.2) is 30.8 Å². The summed E-state index contributed by atoms with van der Waals surface area (Å²) >= 11 is 0. The number of carbonyl (C=O) groups excluding carboxylic acids is 2. The molecular formula is C15H21ClN2O2. The molecule has 2 rings (SSSR count). The van der Waals surface area contributed by atoms with E-state index in [1.165, 1.54) is 6.42 Å². The van der Waals surface area contributed by atoms with Gasteiger partial charge in [-0.25, -0.2) is 0 Å². The molecule has 110 valence electrons. The third kappa shape index (κ3) is 4.32. The Morgan fingerprint density at radius 3 is 2.45 bits per heavy atom. The average molecular weight is 297 g/mol. The number of nitrogens with one attached hydrogen (secondary N) is 2. The van der Waals surface area contributed by atoms with Crippen LogP contribution in [0, 0.1) is 0 Å². The Morgan fingerprint density at radius 2 is 1.90 bits per heavy atom. The Morgan fingerprint density at radius 1 is 1.25 bits per heavy atom. The van der Waals surface area contributed by atoms with E-state index in [2.05, 4.69) is 10.6 Å². The molecule has 4 nitrogen and oxygen atoms in total. The zero-order chi connectivity index (χ0) is 13.7. The van der Waals surface area contributed by atoms with Crippen LogP contribution in [0.3, 0.4) is 0 Å². The van der Waals surface area contributed by atoms with Crippen molar-refractivity contribution >= 4 is 24.1 Å². The molecule has 1 fully saturated rings. The largest absolute Gasteiger partial charge is 0.350 e. The van der Waals surface area contributed by atoms with Gasteiger partial charge in [0.2, 0.25) is 0 Å². The molecule has 1 atom stereocenters. The maximum atomic E-state index is 11.9. The molecule has 0 aromatic heterocycles. The summed E-state index contributed by atoms with van der Waals surface area (Å²) in [6, 6.07) is 7.24. The Balaban J connectivity index is 0.00000200.